The van der Waals surface area contributed by atoms with Gasteiger partial charge in [0.05, 0.1) is 0 Å². The van der Waals surface area contributed by atoms with Crippen LogP contribution >= 0.6 is 0 Å². The van der Waals surface area contributed by atoms with Crippen LogP contribution in [-0.2, 0) is 0 Å². The summed E-state index contributed by atoms with van der Waals surface area (Å²) in [5.41, 5.74) is 5.92. The van der Waals surface area contributed by atoms with Crippen molar-refractivity contribution in [2.75, 3.05) is 5.32 Å². The summed E-state index contributed by atoms with van der Waals surface area (Å²) in [4.78, 5) is 4.25. The van der Waals surface area contributed by atoms with Crippen molar-refractivity contribution in [1.29, 1.82) is 0 Å². The lowest BCUT2D eigenvalue weighted by atomic mass is 9.92. The molecule has 1 aliphatic carbocycles. The van der Waals surface area contributed by atoms with E-state index in [4.69, 9.17) is 5.73 Å². The maximum Gasteiger partial charge on any atom is 0.126 e. The van der Waals surface area contributed by atoms with E-state index in [1.54, 1.807) is 0 Å². The van der Waals surface area contributed by atoms with Crippen LogP contribution in [0.4, 0.5) is 5.82 Å². The van der Waals surface area contributed by atoms with Gasteiger partial charge in [0.15, 0.2) is 0 Å². The molecule has 0 saturated heterocycles. The molecule has 1 heterocycles. The summed E-state index contributed by atoms with van der Waals surface area (Å²) in [5, 5.41) is 3.42. The SMILES string of the molecule is N[C@H]1CCC[C@@H](Nc2ccccn2)C1. The third-order valence-corrected chi connectivity index (χ3v) is 2.73. The highest BCUT2D eigenvalue weighted by atomic mass is 15.0. The van der Waals surface area contributed by atoms with Gasteiger partial charge in [0, 0.05) is 18.3 Å². The first-order valence-electron chi connectivity index (χ1n) is 5.28. The van der Waals surface area contributed by atoms with Gasteiger partial charge in [-0.25, -0.2) is 4.98 Å². The molecule has 1 aromatic heterocycles. The number of nitrogens with two attached hydrogens (primary N) is 1. The molecule has 2 atom stereocenters. The van der Waals surface area contributed by atoms with Crippen LogP contribution in [0, 0.1) is 0 Å². The number of pyridine rings is 1. The highest BCUT2D eigenvalue weighted by Gasteiger charge is 2.18. The van der Waals surface area contributed by atoms with Gasteiger partial charge in [-0.1, -0.05) is 6.07 Å². The third kappa shape index (κ3) is 2.45. The summed E-state index contributed by atoms with van der Waals surface area (Å²) in [7, 11) is 0. The van der Waals surface area contributed by atoms with Gasteiger partial charge < -0.3 is 11.1 Å². The van der Waals surface area contributed by atoms with Crippen LogP contribution in [0.5, 0.6) is 0 Å². The molecule has 3 N–H and O–H groups in total. The normalized spacial score (nSPS) is 27.2. The van der Waals surface area contributed by atoms with Crippen molar-refractivity contribution in [3.8, 4) is 0 Å². The molecule has 1 fully saturated rings. The summed E-state index contributed by atoms with van der Waals surface area (Å²) in [5.74, 6) is 0.964. The maximum absolute atomic E-state index is 5.92. The molecule has 1 aliphatic rings. The summed E-state index contributed by atoms with van der Waals surface area (Å²) in [6, 6.07) is 6.80. The zero-order chi connectivity index (χ0) is 9.80. The summed E-state index contributed by atoms with van der Waals surface area (Å²) < 4.78 is 0. The van der Waals surface area contributed by atoms with Gasteiger partial charge in [0.1, 0.15) is 5.82 Å². The van der Waals surface area contributed by atoms with E-state index >= 15 is 0 Å². The van der Waals surface area contributed by atoms with E-state index in [0.717, 1.165) is 12.2 Å². The quantitative estimate of drug-likeness (QED) is 0.749. The third-order valence-electron chi connectivity index (χ3n) is 2.73. The molecule has 0 spiro atoms. The van der Waals surface area contributed by atoms with Gasteiger partial charge in [0.2, 0.25) is 0 Å². The number of nitrogens with zero attached hydrogens (tertiary/aromatic N) is 1. The van der Waals surface area contributed by atoms with Crippen LogP contribution in [0.15, 0.2) is 24.4 Å². The van der Waals surface area contributed by atoms with Crippen molar-refractivity contribution >= 4 is 5.82 Å². The molecule has 0 bridgehead atoms. The summed E-state index contributed by atoms with van der Waals surface area (Å²) >= 11 is 0. The number of hydrogen-bond acceptors (Lipinski definition) is 3. The first kappa shape index (κ1) is 9.46. The van der Waals surface area contributed by atoms with Crippen molar-refractivity contribution in [3.63, 3.8) is 0 Å². The lowest BCUT2D eigenvalue weighted by molar-refractivity contribution is 0.409. The molecule has 1 saturated carbocycles. The van der Waals surface area contributed by atoms with E-state index in [-0.39, 0.29) is 0 Å². The molecular formula is C11H17N3. The summed E-state index contributed by atoms with van der Waals surface area (Å²) in [6.07, 6.45) is 6.48. The van der Waals surface area contributed by atoms with Crippen molar-refractivity contribution in [3.05, 3.63) is 24.4 Å². The van der Waals surface area contributed by atoms with Crippen molar-refractivity contribution in [1.82, 2.24) is 4.98 Å². The topological polar surface area (TPSA) is 50.9 Å². The van der Waals surface area contributed by atoms with Crippen LogP contribution in [0.1, 0.15) is 25.7 Å². The van der Waals surface area contributed by atoms with Gasteiger partial charge in [-0.05, 0) is 37.8 Å². The van der Waals surface area contributed by atoms with Gasteiger partial charge >= 0.3 is 0 Å². The van der Waals surface area contributed by atoms with Crippen molar-refractivity contribution < 1.29 is 0 Å². The number of aromatic nitrogens is 1. The molecule has 0 radical (unpaired) electrons. The van der Waals surface area contributed by atoms with E-state index in [9.17, 15) is 0 Å². The van der Waals surface area contributed by atoms with Crippen LogP contribution in [0.25, 0.3) is 0 Å². The maximum atomic E-state index is 5.92. The zero-order valence-electron chi connectivity index (χ0n) is 8.32. The van der Waals surface area contributed by atoms with E-state index < -0.39 is 0 Å². The average molecular weight is 191 g/mol. The number of anilines is 1. The van der Waals surface area contributed by atoms with E-state index in [0.29, 0.717) is 12.1 Å². The van der Waals surface area contributed by atoms with Gasteiger partial charge in [0.25, 0.3) is 0 Å². The molecule has 3 nitrogen and oxygen atoms in total. The predicted molar refractivity (Wildman–Crippen MR) is 58.1 cm³/mol. The van der Waals surface area contributed by atoms with E-state index in [1.165, 1.54) is 19.3 Å². The second-order valence-corrected chi connectivity index (χ2v) is 3.98. The number of hydrogen-bond donors (Lipinski definition) is 2. The molecular weight excluding hydrogens is 174 g/mol. The second kappa shape index (κ2) is 4.42. The van der Waals surface area contributed by atoms with Crippen LogP contribution < -0.4 is 11.1 Å². The second-order valence-electron chi connectivity index (χ2n) is 3.98. The predicted octanol–water partition coefficient (Wildman–Crippen LogP) is 1.76. The summed E-state index contributed by atoms with van der Waals surface area (Å²) in [6.45, 7) is 0. The Bertz CT molecular complexity index is 273. The lowest BCUT2D eigenvalue weighted by Crippen LogP contribution is -2.35. The highest BCUT2D eigenvalue weighted by molar-refractivity contribution is 5.34. The molecule has 0 amide bonds. The van der Waals surface area contributed by atoms with Gasteiger partial charge in [-0.3, -0.25) is 0 Å². The van der Waals surface area contributed by atoms with Crippen molar-refractivity contribution in [2.24, 2.45) is 5.73 Å². The fraction of sp³-hybridized carbons (Fsp3) is 0.545. The van der Waals surface area contributed by atoms with Crippen molar-refractivity contribution in [2.45, 2.75) is 37.8 Å². The smallest absolute Gasteiger partial charge is 0.126 e. The lowest BCUT2D eigenvalue weighted by Gasteiger charge is -2.27. The van der Waals surface area contributed by atoms with Crippen LogP contribution in [0.2, 0.25) is 0 Å². The fourth-order valence-corrected chi connectivity index (χ4v) is 2.02. The Morgan fingerprint density at radius 2 is 2.29 bits per heavy atom. The number of rotatable bonds is 2. The number of nitrogens with one attached hydrogen (secondary N) is 1. The minimum atomic E-state index is 0.366. The first-order chi connectivity index (χ1) is 6.84. The molecule has 2 rings (SSSR count). The molecule has 14 heavy (non-hydrogen) atoms. The molecule has 3 heteroatoms. The minimum Gasteiger partial charge on any atom is -0.367 e. The standard InChI is InChI=1S/C11H17N3/c12-9-4-3-5-10(8-9)14-11-6-1-2-7-13-11/h1-2,6-7,9-10H,3-5,8,12H2,(H,13,14)/t9-,10+/m0/s1. The Morgan fingerprint density at radius 3 is 3.00 bits per heavy atom. The van der Waals surface area contributed by atoms with E-state index in [2.05, 4.69) is 10.3 Å². The molecule has 0 aromatic carbocycles. The Labute approximate surface area is 84.7 Å². The Morgan fingerprint density at radius 1 is 1.36 bits per heavy atom. The van der Waals surface area contributed by atoms with Crippen LogP contribution in [0.3, 0.4) is 0 Å². The molecule has 76 valence electrons. The van der Waals surface area contributed by atoms with Crippen LogP contribution in [-0.4, -0.2) is 17.1 Å². The average Bonchev–Trinajstić information content (AvgIpc) is 2.19. The van der Waals surface area contributed by atoms with E-state index in [1.807, 2.05) is 24.4 Å². The molecule has 0 unspecified atom stereocenters. The monoisotopic (exact) mass is 191 g/mol. The molecule has 1 aromatic rings. The molecule has 0 aliphatic heterocycles. The zero-order valence-corrected chi connectivity index (χ0v) is 8.32. The Balaban J connectivity index is 1.91. The Kier molecular flexibility index (Phi) is 2.99. The largest absolute Gasteiger partial charge is 0.367 e. The fourth-order valence-electron chi connectivity index (χ4n) is 2.02. The first-order valence-corrected chi connectivity index (χ1v) is 5.28. The Hall–Kier alpha value is -1.09. The minimum absolute atomic E-state index is 0.366. The highest BCUT2D eigenvalue weighted by Crippen LogP contribution is 2.19. The van der Waals surface area contributed by atoms with Gasteiger partial charge in [-0.2, -0.15) is 0 Å². The van der Waals surface area contributed by atoms with Gasteiger partial charge in [-0.15, -0.1) is 0 Å².